The maximum atomic E-state index is 11.5. The van der Waals surface area contributed by atoms with Gasteiger partial charge >= 0.3 is 5.97 Å². The first kappa shape index (κ1) is 15.5. The first-order valence-electron chi connectivity index (χ1n) is 6.14. The number of hydrogen-bond donors (Lipinski definition) is 0. The van der Waals surface area contributed by atoms with Crippen molar-refractivity contribution >= 4 is 16.9 Å². The fourth-order valence-corrected chi connectivity index (χ4v) is 2.55. The lowest BCUT2D eigenvalue weighted by Gasteiger charge is -2.11. The molecule has 0 saturated carbocycles. The van der Waals surface area contributed by atoms with E-state index in [2.05, 4.69) is 27.2 Å². The number of hydrogen-bond acceptors (Lipinski definition) is 6. The van der Waals surface area contributed by atoms with E-state index in [0.29, 0.717) is 19.7 Å². The van der Waals surface area contributed by atoms with Gasteiger partial charge in [-0.05, 0) is 10.4 Å². The normalized spacial score (nSPS) is 17.0. The fraction of sp³-hybridized carbons (Fsp3) is 0.636. The second kappa shape index (κ2) is 8.52. The number of rotatable bonds is 5. The smallest absolute Gasteiger partial charge is 0.325 e. The van der Waals surface area contributed by atoms with Crippen LogP contribution in [0.5, 0.6) is 0 Å². The van der Waals surface area contributed by atoms with E-state index in [0.717, 1.165) is 5.88 Å². The number of carbonyl (C=O) groups is 1. The molecule has 2 rings (SSSR count). The minimum absolute atomic E-state index is 0.221. The average molecular weight is 286 g/mol. The molecule has 0 fully saturated rings. The quantitative estimate of drug-likeness (QED) is 0.570. The lowest BCUT2D eigenvalue weighted by molar-refractivity contribution is -0.144. The molecule has 0 aliphatic carbocycles. The maximum Gasteiger partial charge on any atom is 0.325 e. The lowest BCUT2D eigenvalue weighted by Crippen LogP contribution is -2.27. The Labute approximate surface area is 116 Å². The van der Waals surface area contributed by atoms with Gasteiger partial charge in [-0.3, -0.25) is 4.79 Å². The monoisotopic (exact) mass is 286 g/mol. The molecule has 0 bridgehead atoms. The van der Waals surface area contributed by atoms with E-state index in [1.807, 2.05) is 24.9 Å². The summed E-state index contributed by atoms with van der Waals surface area (Å²) in [6, 6.07) is 0. The number of carbonyl (C=O) groups excluding carboxylic acids is 1. The molecule has 0 aromatic carbocycles. The summed E-state index contributed by atoms with van der Waals surface area (Å²) in [6.45, 7) is 5.08. The number of tetrazole rings is 1. The first-order valence-corrected chi connectivity index (χ1v) is 8.00. The molecule has 7 nitrogen and oxygen atoms in total. The van der Waals surface area contributed by atoms with Crippen molar-refractivity contribution < 1.29 is 9.53 Å². The first-order chi connectivity index (χ1) is 9.24. The van der Waals surface area contributed by atoms with Gasteiger partial charge < -0.3 is 9.64 Å². The Morgan fingerprint density at radius 1 is 1.47 bits per heavy atom. The third-order valence-corrected chi connectivity index (χ3v) is 3.51. The highest BCUT2D eigenvalue weighted by Crippen LogP contribution is 2.08. The summed E-state index contributed by atoms with van der Waals surface area (Å²) in [5, 5.41) is 12.7. The summed E-state index contributed by atoms with van der Waals surface area (Å²) in [5.41, 5.74) is 0. The summed E-state index contributed by atoms with van der Waals surface area (Å²) in [4.78, 5) is 13.4. The molecule has 0 amide bonds. The molecular weight excluding hydrogens is 266 g/mol. The fourth-order valence-electron chi connectivity index (χ4n) is 1.38. The Morgan fingerprint density at radius 3 is 2.84 bits per heavy atom. The number of aromatic nitrogens is 4. The van der Waals surface area contributed by atoms with Crippen LogP contribution in [0.15, 0.2) is 17.9 Å². The van der Waals surface area contributed by atoms with E-state index in [1.165, 1.54) is 11.0 Å². The molecule has 1 aromatic heterocycles. The molecule has 1 atom stereocenters. The van der Waals surface area contributed by atoms with Gasteiger partial charge in [0.1, 0.15) is 31.1 Å². The van der Waals surface area contributed by atoms with Crippen molar-refractivity contribution in [2.45, 2.75) is 20.4 Å². The van der Waals surface area contributed by atoms with Crippen LogP contribution in [0, 0.1) is 0 Å². The van der Waals surface area contributed by atoms with Crippen LogP contribution in [0.1, 0.15) is 13.8 Å². The second-order valence-electron chi connectivity index (χ2n) is 3.65. The van der Waals surface area contributed by atoms with Crippen LogP contribution < -0.4 is 0 Å². The van der Waals surface area contributed by atoms with Gasteiger partial charge in [0.15, 0.2) is 5.88 Å². The summed E-state index contributed by atoms with van der Waals surface area (Å²) >= 11 is 0. The van der Waals surface area contributed by atoms with Crippen molar-refractivity contribution in [3.8, 4) is 0 Å². The summed E-state index contributed by atoms with van der Waals surface area (Å²) in [5.74, 6) is 0.684. The second-order valence-corrected chi connectivity index (χ2v) is 5.56. The van der Waals surface area contributed by atoms with E-state index < -0.39 is 0 Å². The lowest BCUT2D eigenvalue weighted by atomic mass is 10.6. The van der Waals surface area contributed by atoms with Crippen LogP contribution in [-0.4, -0.2) is 56.4 Å². The van der Waals surface area contributed by atoms with E-state index in [9.17, 15) is 4.79 Å². The van der Waals surface area contributed by atoms with Gasteiger partial charge in [0.05, 0.1) is 12.7 Å². The summed E-state index contributed by atoms with van der Waals surface area (Å²) < 4.78 is 6.61. The van der Waals surface area contributed by atoms with Crippen LogP contribution >= 0.6 is 0 Å². The van der Waals surface area contributed by atoms with Gasteiger partial charge in [0.25, 0.3) is 0 Å². The van der Waals surface area contributed by atoms with Crippen molar-refractivity contribution in [1.29, 1.82) is 0 Å². The van der Waals surface area contributed by atoms with Crippen LogP contribution in [0.3, 0.4) is 0 Å². The van der Waals surface area contributed by atoms with Crippen LogP contribution in [0.4, 0.5) is 0 Å². The van der Waals surface area contributed by atoms with E-state index in [4.69, 9.17) is 4.74 Å². The molecule has 1 aromatic rings. The highest BCUT2D eigenvalue weighted by Gasteiger charge is 2.21. The zero-order valence-electron chi connectivity index (χ0n) is 11.5. The molecule has 0 radical (unpaired) electrons. The Balaban J connectivity index is 0.000000861. The largest absolute Gasteiger partial charge is 0.462 e. The van der Waals surface area contributed by atoms with Crippen LogP contribution in [0.2, 0.25) is 0 Å². The average Bonchev–Trinajstić information content (AvgIpc) is 3.04. The van der Waals surface area contributed by atoms with Crippen LogP contribution in [-0.2, 0) is 27.0 Å². The predicted molar refractivity (Wildman–Crippen MR) is 74.1 cm³/mol. The standard InChI is InChI=1S/C9H14N5O2S.C2H6/c1-17-5-3-13(8-17)6-9(15)16-4-2-14-7-10-11-12-14;1-2/h3,5,7H,2,4,6,8H2,1H3;1-2H3/q+1;. The van der Waals surface area contributed by atoms with Crippen molar-refractivity contribution in [2.24, 2.45) is 0 Å². The number of esters is 1. The zero-order chi connectivity index (χ0) is 14.1. The molecule has 1 unspecified atom stereocenters. The Morgan fingerprint density at radius 2 is 2.26 bits per heavy atom. The van der Waals surface area contributed by atoms with Crippen molar-refractivity contribution in [2.75, 3.05) is 25.3 Å². The van der Waals surface area contributed by atoms with Gasteiger partial charge in [-0.1, -0.05) is 13.8 Å². The molecule has 2 heterocycles. The highest BCUT2D eigenvalue weighted by atomic mass is 32.2. The molecule has 0 N–H and O–H groups in total. The maximum absolute atomic E-state index is 11.5. The molecule has 106 valence electrons. The van der Waals surface area contributed by atoms with Crippen molar-refractivity contribution in [1.82, 2.24) is 25.1 Å². The van der Waals surface area contributed by atoms with Gasteiger partial charge in [0.2, 0.25) is 0 Å². The van der Waals surface area contributed by atoms with Crippen LogP contribution in [0.25, 0.3) is 0 Å². The van der Waals surface area contributed by atoms with Gasteiger partial charge in [-0.25, -0.2) is 4.68 Å². The van der Waals surface area contributed by atoms with Gasteiger partial charge in [-0.2, -0.15) is 0 Å². The minimum atomic E-state index is -0.221. The third kappa shape index (κ3) is 5.73. The molecule has 1 aliphatic rings. The summed E-state index contributed by atoms with van der Waals surface area (Å²) in [7, 11) is 0.258. The van der Waals surface area contributed by atoms with Crippen molar-refractivity contribution in [3.05, 3.63) is 17.9 Å². The molecule has 19 heavy (non-hydrogen) atoms. The molecule has 0 saturated heterocycles. The molecule has 1 aliphatic heterocycles. The SMILES string of the molecule is CC.C[S+]1C=CN(CC(=O)OCCn2cnnn2)C1. The van der Waals surface area contributed by atoms with Gasteiger partial charge in [0, 0.05) is 10.9 Å². The number of nitrogens with zero attached hydrogens (tertiary/aromatic N) is 5. The predicted octanol–water partition coefficient (Wildman–Crippen LogP) is 0.235. The third-order valence-electron chi connectivity index (χ3n) is 2.18. The molecular formula is C11H20N5O2S+. The Kier molecular flexibility index (Phi) is 6.94. The summed E-state index contributed by atoms with van der Waals surface area (Å²) in [6.07, 6.45) is 5.57. The van der Waals surface area contributed by atoms with Gasteiger partial charge in [-0.15, -0.1) is 5.10 Å². The Hall–Kier alpha value is -1.57. The van der Waals surface area contributed by atoms with E-state index in [1.54, 1.807) is 0 Å². The molecule has 8 heteroatoms. The number of ether oxygens (including phenoxy) is 1. The van der Waals surface area contributed by atoms with E-state index in [-0.39, 0.29) is 16.9 Å². The topological polar surface area (TPSA) is 73.1 Å². The highest BCUT2D eigenvalue weighted by molar-refractivity contribution is 7.99. The van der Waals surface area contributed by atoms with Crippen molar-refractivity contribution in [3.63, 3.8) is 0 Å². The molecule has 0 spiro atoms. The minimum Gasteiger partial charge on any atom is -0.462 e. The van der Waals surface area contributed by atoms with E-state index >= 15 is 0 Å². The Bertz CT molecular complexity index is 396. The zero-order valence-corrected chi connectivity index (χ0v) is 12.3.